The highest BCUT2D eigenvalue weighted by molar-refractivity contribution is 9.10. The van der Waals surface area contributed by atoms with Gasteiger partial charge in [-0.2, -0.15) is 0 Å². The van der Waals surface area contributed by atoms with Crippen LogP contribution in [0.2, 0.25) is 0 Å². The maximum absolute atomic E-state index is 13.8. The number of nitrogens with zero attached hydrogens (tertiary/aromatic N) is 1. The fraction of sp³-hybridized carbons (Fsp3) is 0.235. The van der Waals surface area contributed by atoms with E-state index < -0.39 is 0 Å². The van der Waals surface area contributed by atoms with Crippen molar-refractivity contribution < 1.29 is 13.9 Å². The summed E-state index contributed by atoms with van der Waals surface area (Å²) in [6.45, 7) is 0.720. The molecule has 2 rings (SSSR count). The molecule has 0 aliphatic carbocycles. The van der Waals surface area contributed by atoms with Crippen LogP contribution in [-0.2, 0) is 17.9 Å². The summed E-state index contributed by atoms with van der Waals surface area (Å²) in [6, 6.07) is 11.9. The molecular weight excluding hydrogens is 349 g/mol. The van der Waals surface area contributed by atoms with Crippen LogP contribution >= 0.6 is 15.9 Å². The minimum absolute atomic E-state index is 0.150. The molecule has 0 heterocycles. The number of halogens is 2. The van der Waals surface area contributed by atoms with Gasteiger partial charge >= 0.3 is 0 Å². The van der Waals surface area contributed by atoms with E-state index in [2.05, 4.69) is 15.9 Å². The fourth-order valence-electron chi connectivity index (χ4n) is 2.12. The normalized spacial score (nSPS) is 10.5. The number of methoxy groups -OCH3 is 1. The van der Waals surface area contributed by atoms with E-state index in [1.165, 1.54) is 11.0 Å². The van der Waals surface area contributed by atoms with Crippen LogP contribution < -0.4 is 0 Å². The van der Waals surface area contributed by atoms with Crippen LogP contribution in [0.5, 0.6) is 0 Å². The quantitative estimate of drug-likeness (QED) is 0.801. The van der Waals surface area contributed by atoms with Crippen molar-refractivity contribution in [3.05, 3.63) is 69.4 Å². The summed E-state index contributed by atoms with van der Waals surface area (Å²) in [5.74, 6) is -0.471. The van der Waals surface area contributed by atoms with Crippen LogP contribution in [0, 0.1) is 5.82 Å². The molecule has 0 bridgehead atoms. The van der Waals surface area contributed by atoms with Gasteiger partial charge in [-0.1, -0.05) is 28.1 Å². The Morgan fingerprint density at radius 3 is 2.55 bits per heavy atom. The molecule has 0 saturated carbocycles. The predicted molar refractivity (Wildman–Crippen MR) is 87.1 cm³/mol. The third kappa shape index (κ3) is 4.15. The Balaban J connectivity index is 2.09. The van der Waals surface area contributed by atoms with E-state index in [0.717, 1.165) is 10.0 Å². The minimum atomic E-state index is -0.321. The molecular formula is C17H17BrFNO2. The Morgan fingerprint density at radius 1 is 1.23 bits per heavy atom. The standard InChI is InChI=1S/C17H17BrFNO2/c1-20(10-14-9-15(18)7-8-16(14)19)17(21)13-5-3-12(4-6-13)11-22-2/h3-9H,10-11H2,1-2H3. The zero-order valence-electron chi connectivity index (χ0n) is 12.5. The van der Waals surface area contributed by atoms with E-state index >= 15 is 0 Å². The van der Waals surface area contributed by atoms with Gasteiger partial charge in [0, 0.05) is 36.3 Å². The van der Waals surface area contributed by atoms with E-state index in [9.17, 15) is 9.18 Å². The van der Waals surface area contributed by atoms with Crippen LogP contribution in [0.25, 0.3) is 0 Å². The number of benzene rings is 2. The van der Waals surface area contributed by atoms with Crippen molar-refractivity contribution in [3.8, 4) is 0 Å². The van der Waals surface area contributed by atoms with Gasteiger partial charge < -0.3 is 9.64 Å². The molecule has 0 unspecified atom stereocenters. The van der Waals surface area contributed by atoms with Gasteiger partial charge in [0.25, 0.3) is 5.91 Å². The van der Waals surface area contributed by atoms with Crippen molar-refractivity contribution in [2.75, 3.05) is 14.2 Å². The van der Waals surface area contributed by atoms with Gasteiger partial charge in [0.15, 0.2) is 0 Å². The molecule has 0 aliphatic heterocycles. The first-order valence-electron chi connectivity index (χ1n) is 6.78. The summed E-state index contributed by atoms with van der Waals surface area (Å²) in [6.07, 6.45) is 0. The van der Waals surface area contributed by atoms with Crippen molar-refractivity contribution >= 4 is 21.8 Å². The minimum Gasteiger partial charge on any atom is -0.380 e. The highest BCUT2D eigenvalue weighted by Gasteiger charge is 2.14. The lowest BCUT2D eigenvalue weighted by molar-refractivity contribution is 0.0783. The third-order valence-corrected chi connectivity index (χ3v) is 3.77. The second-order valence-corrected chi connectivity index (χ2v) is 5.94. The smallest absolute Gasteiger partial charge is 0.253 e. The highest BCUT2D eigenvalue weighted by atomic mass is 79.9. The van der Waals surface area contributed by atoms with E-state index in [4.69, 9.17) is 4.74 Å². The monoisotopic (exact) mass is 365 g/mol. The molecule has 0 N–H and O–H groups in total. The van der Waals surface area contributed by atoms with E-state index in [0.29, 0.717) is 17.7 Å². The topological polar surface area (TPSA) is 29.5 Å². The van der Waals surface area contributed by atoms with Gasteiger partial charge in [0.05, 0.1) is 6.61 Å². The van der Waals surface area contributed by atoms with Crippen molar-refractivity contribution in [2.24, 2.45) is 0 Å². The summed E-state index contributed by atoms with van der Waals surface area (Å²) >= 11 is 3.31. The summed E-state index contributed by atoms with van der Waals surface area (Å²) in [7, 11) is 3.28. The molecule has 0 radical (unpaired) electrons. The Kier molecular flexibility index (Phi) is 5.69. The summed E-state index contributed by atoms with van der Waals surface area (Å²) in [4.78, 5) is 13.9. The average molecular weight is 366 g/mol. The molecule has 2 aromatic rings. The molecule has 0 aliphatic rings. The van der Waals surface area contributed by atoms with Crippen LogP contribution in [0.4, 0.5) is 4.39 Å². The number of ether oxygens (including phenoxy) is 1. The molecule has 22 heavy (non-hydrogen) atoms. The number of carbonyl (C=O) groups is 1. The number of amides is 1. The maximum atomic E-state index is 13.8. The molecule has 3 nitrogen and oxygen atoms in total. The second-order valence-electron chi connectivity index (χ2n) is 5.03. The zero-order valence-corrected chi connectivity index (χ0v) is 14.1. The lowest BCUT2D eigenvalue weighted by atomic mass is 10.1. The van der Waals surface area contributed by atoms with E-state index in [1.807, 2.05) is 12.1 Å². The summed E-state index contributed by atoms with van der Waals surface area (Å²) in [5.41, 5.74) is 2.04. The largest absolute Gasteiger partial charge is 0.380 e. The lowest BCUT2D eigenvalue weighted by Gasteiger charge is -2.18. The fourth-order valence-corrected chi connectivity index (χ4v) is 2.53. The summed E-state index contributed by atoms with van der Waals surface area (Å²) in [5, 5.41) is 0. The number of hydrogen-bond donors (Lipinski definition) is 0. The summed E-state index contributed by atoms with van der Waals surface area (Å²) < 4.78 is 19.6. The molecule has 1 amide bonds. The molecule has 0 spiro atoms. The highest BCUT2D eigenvalue weighted by Crippen LogP contribution is 2.18. The Morgan fingerprint density at radius 2 is 1.91 bits per heavy atom. The van der Waals surface area contributed by atoms with Crippen LogP contribution in [0.15, 0.2) is 46.9 Å². The first-order chi connectivity index (χ1) is 10.5. The van der Waals surface area contributed by atoms with Crippen LogP contribution in [0.1, 0.15) is 21.5 Å². The molecule has 0 aromatic heterocycles. The zero-order chi connectivity index (χ0) is 16.1. The van der Waals surface area contributed by atoms with Crippen LogP contribution in [0.3, 0.4) is 0 Å². The van der Waals surface area contributed by atoms with E-state index in [1.54, 1.807) is 38.4 Å². The predicted octanol–water partition coefficient (Wildman–Crippen LogP) is 4.01. The molecule has 5 heteroatoms. The van der Waals surface area contributed by atoms with Crippen molar-refractivity contribution in [2.45, 2.75) is 13.2 Å². The van der Waals surface area contributed by atoms with Gasteiger partial charge in [-0.3, -0.25) is 4.79 Å². The number of hydrogen-bond acceptors (Lipinski definition) is 2. The van der Waals surface area contributed by atoms with Gasteiger partial charge in [-0.15, -0.1) is 0 Å². The maximum Gasteiger partial charge on any atom is 0.253 e. The Hall–Kier alpha value is -1.72. The first-order valence-corrected chi connectivity index (χ1v) is 7.58. The third-order valence-electron chi connectivity index (χ3n) is 3.27. The SMILES string of the molecule is COCc1ccc(C(=O)N(C)Cc2cc(Br)ccc2F)cc1. The van der Waals surface area contributed by atoms with Gasteiger partial charge in [0.1, 0.15) is 5.82 Å². The number of rotatable bonds is 5. The lowest BCUT2D eigenvalue weighted by Crippen LogP contribution is -2.26. The number of carbonyl (C=O) groups excluding carboxylic acids is 1. The van der Waals surface area contributed by atoms with E-state index in [-0.39, 0.29) is 18.3 Å². The first kappa shape index (κ1) is 16.6. The molecule has 0 fully saturated rings. The Labute approximate surface area is 137 Å². The Bertz CT molecular complexity index is 658. The molecule has 0 saturated heterocycles. The van der Waals surface area contributed by atoms with Crippen molar-refractivity contribution in [1.29, 1.82) is 0 Å². The van der Waals surface area contributed by atoms with Gasteiger partial charge in [-0.05, 0) is 35.9 Å². The molecule has 116 valence electrons. The second kappa shape index (κ2) is 7.51. The van der Waals surface area contributed by atoms with Crippen molar-refractivity contribution in [1.82, 2.24) is 4.90 Å². The van der Waals surface area contributed by atoms with Gasteiger partial charge in [0.2, 0.25) is 0 Å². The average Bonchev–Trinajstić information content (AvgIpc) is 2.51. The van der Waals surface area contributed by atoms with Crippen LogP contribution in [-0.4, -0.2) is 25.0 Å². The molecule has 2 aromatic carbocycles. The molecule has 0 atom stereocenters. The van der Waals surface area contributed by atoms with Crippen molar-refractivity contribution in [3.63, 3.8) is 0 Å². The van der Waals surface area contributed by atoms with Gasteiger partial charge in [-0.25, -0.2) is 4.39 Å².